The summed E-state index contributed by atoms with van der Waals surface area (Å²) < 4.78 is 1.54. The second-order valence-electron chi connectivity index (χ2n) is 2.79. The van der Waals surface area contributed by atoms with Gasteiger partial charge in [0.15, 0.2) is 0 Å². The maximum atomic E-state index is 5.97. The van der Waals surface area contributed by atoms with Crippen LogP contribution in [0.15, 0.2) is 6.07 Å². The van der Waals surface area contributed by atoms with Crippen molar-refractivity contribution in [2.24, 2.45) is 0 Å². The van der Waals surface area contributed by atoms with Gasteiger partial charge in [-0.25, -0.2) is 4.98 Å². The molecule has 0 saturated heterocycles. The minimum Gasteiger partial charge on any atom is -0.216 e. The molecule has 0 unspecified atom stereocenters. The molecule has 0 bridgehead atoms. The molecule has 13 heavy (non-hydrogen) atoms. The molecule has 0 atom stereocenters. The van der Waals surface area contributed by atoms with Gasteiger partial charge in [-0.1, -0.05) is 18.5 Å². The number of aromatic nitrogens is 4. The number of fused-ring (bicyclic) bond motifs is 1. The van der Waals surface area contributed by atoms with Crippen LogP contribution in [0.2, 0.25) is 5.15 Å². The molecule has 2 aromatic heterocycles. The Morgan fingerprint density at radius 2 is 2.23 bits per heavy atom. The summed E-state index contributed by atoms with van der Waals surface area (Å²) in [5.41, 5.74) is 0.935. The molecule has 0 spiro atoms. The Morgan fingerprint density at radius 3 is 2.92 bits per heavy atom. The normalized spacial score (nSPS) is 11.0. The van der Waals surface area contributed by atoms with Crippen LogP contribution in [0.4, 0.5) is 0 Å². The van der Waals surface area contributed by atoms with E-state index in [0.717, 1.165) is 12.1 Å². The van der Waals surface area contributed by atoms with Crippen LogP contribution < -0.4 is 0 Å². The van der Waals surface area contributed by atoms with E-state index in [-0.39, 0.29) is 0 Å². The van der Waals surface area contributed by atoms with Gasteiger partial charge in [-0.05, 0) is 19.4 Å². The van der Waals surface area contributed by atoms with Crippen molar-refractivity contribution in [2.45, 2.75) is 20.3 Å². The molecule has 2 rings (SSSR count). The Hall–Kier alpha value is -1.16. The third kappa shape index (κ3) is 1.37. The number of hydrogen-bond donors (Lipinski definition) is 0. The lowest BCUT2D eigenvalue weighted by molar-refractivity contribution is 0.897. The summed E-state index contributed by atoms with van der Waals surface area (Å²) in [4.78, 5) is 8.42. The molecule has 0 aliphatic carbocycles. The summed E-state index contributed by atoms with van der Waals surface area (Å²) in [5, 5.41) is 4.66. The van der Waals surface area contributed by atoms with E-state index in [0.29, 0.717) is 16.8 Å². The van der Waals surface area contributed by atoms with Crippen LogP contribution >= 0.6 is 11.6 Å². The fraction of sp³-hybridized carbons (Fsp3) is 0.375. The molecule has 5 heteroatoms. The molecule has 0 aliphatic rings. The molecule has 0 fully saturated rings. The highest BCUT2D eigenvalue weighted by molar-refractivity contribution is 6.29. The van der Waals surface area contributed by atoms with E-state index in [2.05, 4.69) is 15.1 Å². The zero-order chi connectivity index (χ0) is 9.42. The lowest BCUT2D eigenvalue weighted by Crippen LogP contribution is -1.96. The molecule has 2 aromatic rings. The summed E-state index contributed by atoms with van der Waals surface area (Å²) in [5.74, 6) is 1.25. The zero-order valence-electron chi connectivity index (χ0n) is 7.45. The number of rotatable bonds is 1. The van der Waals surface area contributed by atoms with Crippen molar-refractivity contribution in [1.29, 1.82) is 0 Å². The molecule has 2 heterocycles. The van der Waals surface area contributed by atoms with Crippen molar-refractivity contribution >= 4 is 17.4 Å². The van der Waals surface area contributed by atoms with Gasteiger partial charge in [0.05, 0.1) is 0 Å². The van der Waals surface area contributed by atoms with Crippen molar-refractivity contribution in [3.8, 4) is 0 Å². The summed E-state index contributed by atoms with van der Waals surface area (Å²) in [6, 6.07) is 1.81. The van der Waals surface area contributed by atoms with E-state index >= 15 is 0 Å². The van der Waals surface area contributed by atoms with Crippen LogP contribution in [0.3, 0.4) is 0 Å². The highest BCUT2D eigenvalue weighted by Gasteiger charge is 2.05. The Kier molecular flexibility index (Phi) is 1.92. The van der Waals surface area contributed by atoms with Crippen molar-refractivity contribution in [3.05, 3.63) is 22.7 Å². The van der Waals surface area contributed by atoms with Crippen LogP contribution in [0, 0.1) is 6.92 Å². The SMILES string of the molecule is CCc1cc(Cl)n2nc(C)nc2n1. The van der Waals surface area contributed by atoms with Crippen molar-refractivity contribution < 1.29 is 0 Å². The van der Waals surface area contributed by atoms with Crippen LogP contribution in [0.5, 0.6) is 0 Å². The summed E-state index contributed by atoms with van der Waals surface area (Å²) in [7, 11) is 0. The molecule has 68 valence electrons. The molecule has 0 amide bonds. The lowest BCUT2D eigenvalue weighted by Gasteiger charge is -1.97. The third-order valence-corrected chi connectivity index (χ3v) is 2.06. The average Bonchev–Trinajstić information content (AvgIpc) is 2.46. The summed E-state index contributed by atoms with van der Waals surface area (Å²) in [6.07, 6.45) is 0.849. The van der Waals surface area contributed by atoms with Gasteiger partial charge in [0.1, 0.15) is 11.0 Å². The van der Waals surface area contributed by atoms with Crippen LogP contribution in [0.1, 0.15) is 18.4 Å². The van der Waals surface area contributed by atoms with Gasteiger partial charge in [-0.2, -0.15) is 9.50 Å². The fourth-order valence-electron chi connectivity index (χ4n) is 1.16. The maximum Gasteiger partial charge on any atom is 0.254 e. The summed E-state index contributed by atoms with van der Waals surface area (Å²) in [6.45, 7) is 3.84. The Balaban J connectivity index is 2.75. The van der Waals surface area contributed by atoms with E-state index in [1.165, 1.54) is 4.52 Å². The van der Waals surface area contributed by atoms with E-state index < -0.39 is 0 Å². The van der Waals surface area contributed by atoms with Gasteiger partial charge < -0.3 is 0 Å². The van der Waals surface area contributed by atoms with E-state index in [1.807, 2.05) is 19.9 Å². The van der Waals surface area contributed by atoms with Crippen LogP contribution in [-0.4, -0.2) is 19.6 Å². The molecule has 0 aromatic carbocycles. The van der Waals surface area contributed by atoms with Crippen molar-refractivity contribution in [3.63, 3.8) is 0 Å². The molecule has 0 radical (unpaired) electrons. The van der Waals surface area contributed by atoms with Gasteiger partial charge in [0, 0.05) is 5.69 Å². The molecular formula is C8H9ClN4. The van der Waals surface area contributed by atoms with Gasteiger partial charge in [-0.15, -0.1) is 5.10 Å². The Labute approximate surface area is 80.6 Å². The molecule has 0 aliphatic heterocycles. The van der Waals surface area contributed by atoms with Crippen molar-refractivity contribution in [1.82, 2.24) is 19.6 Å². The first-order valence-electron chi connectivity index (χ1n) is 4.09. The standard InChI is InChI=1S/C8H9ClN4/c1-3-6-4-7(9)13-8(11-6)10-5(2)12-13/h4H,3H2,1-2H3. The number of nitrogens with zero attached hydrogens (tertiary/aromatic N) is 4. The average molecular weight is 197 g/mol. The second kappa shape index (κ2) is 2.96. The largest absolute Gasteiger partial charge is 0.254 e. The minimum absolute atomic E-state index is 0.558. The summed E-state index contributed by atoms with van der Waals surface area (Å²) >= 11 is 5.97. The van der Waals surface area contributed by atoms with Crippen LogP contribution in [0.25, 0.3) is 5.78 Å². The van der Waals surface area contributed by atoms with E-state index in [4.69, 9.17) is 11.6 Å². The monoisotopic (exact) mass is 196 g/mol. The topological polar surface area (TPSA) is 43.1 Å². The molecular weight excluding hydrogens is 188 g/mol. The second-order valence-corrected chi connectivity index (χ2v) is 3.18. The predicted molar refractivity (Wildman–Crippen MR) is 49.9 cm³/mol. The number of aryl methyl sites for hydroxylation is 2. The molecule has 0 N–H and O–H groups in total. The number of halogens is 1. The van der Waals surface area contributed by atoms with Gasteiger partial charge in [-0.3, -0.25) is 0 Å². The third-order valence-electron chi connectivity index (χ3n) is 1.79. The smallest absolute Gasteiger partial charge is 0.216 e. The Morgan fingerprint density at radius 1 is 1.46 bits per heavy atom. The number of hydrogen-bond acceptors (Lipinski definition) is 3. The maximum absolute atomic E-state index is 5.97. The zero-order valence-corrected chi connectivity index (χ0v) is 8.21. The highest BCUT2D eigenvalue weighted by atomic mass is 35.5. The molecule has 0 saturated carbocycles. The van der Waals surface area contributed by atoms with E-state index in [9.17, 15) is 0 Å². The van der Waals surface area contributed by atoms with E-state index in [1.54, 1.807) is 0 Å². The first kappa shape index (κ1) is 8.44. The van der Waals surface area contributed by atoms with Gasteiger partial charge in [0.2, 0.25) is 0 Å². The quantitative estimate of drug-likeness (QED) is 0.652. The van der Waals surface area contributed by atoms with Crippen molar-refractivity contribution in [2.75, 3.05) is 0 Å². The highest BCUT2D eigenvalue weighted by Crippen LogP contribution is 2.11. The predicted octanol–water partition coefficient (Wildman–Crippen LogP) is 1.65. The van der Waals surface area contributed by atoms with Crippen LogP contribution in [-0.2, 0) is 6.42 Å². The first-order chi connectivity index (χ1) is 6.20. The van der Waals surface area contributed by atoms with Gasteiger partial charge >= 0.3 is 0 Å². The first-order valence-corrected chi connectivity index (χ1v) is 4.47. The van der Waals surface area contributed by atoms with Gasteiger partial charge in [0.25, 0.3) is 5.78 Å². The minimum atomic E-state index is 0.558. The molecule has 4 nitrogen and oxygen atoms in total. The fourth-order valence-corrected chi connectivity index (χ4v) is 1.40. The Bertz CT molecular complexity index is 449. The lowest BCUT2D eigenvalue weighted by atomic mass is 10.3.